The van der Waals surface area contributed by atoms with Crippen molar-refractivity contribution in [1.29, 1.82) is 0 Å². The van der Waals surface area contributed by atoms with E-state index in [1.807, 2.05) is 0 Å². The molecule has 154 valence electrons. The molecule has 0 aliphatic heterocycles. The fourth-order valence-electron chi connectivity index (χ4n) is 9.15. The van der Waals surface area contributed by atoms with Crippen LogP contribution in [0.5, 0.6) is 0 Å². The van der Waals surface area contributed by atoms with Gasteiger partial charge >= 0.3 is 0 Å². The first-order chi connectivity index (χ1) is 15.2. The summed E-state index contributed by atoms with van der Waals surface area (Å²) < 4.78 is 0. The molecule has 0 aromatic heterocycles. The molecule has 0 heterocycles. The quantitative estimate of drug-likeness (QED) is 0.446. The zero-order valence-corrected chi connectivity index (χ0v) is 18.4. The summed E-state index contributed by atoms with van der Waals surface area (Å²) in [6.45, 7) is 2.56. The third kappa shape index (κ3) is 2.52. The van der Waals surface area contributed by atoms with Crippen LogP contribution < -0.4 is 0 Å². The van der Waals surface area contributed by atoms with Gasteiger partial charge in [0.05, 0.1) is 0 Å². The molecule has 7 aliphatic rings. The number of rotatable bonds is 0. The van der Waals surface area contributed by atoms with E-state index < -0.39 is 0 Å². The molecule has 2 aromatic rings. The molecule has 0 nitrogen and oxygen atoms in total. The third-order valence-corrected chi connectivity index (χ3v) is 10.2. The lowest BCUT2D eigenvalue weighted by Crippen LogP contribution is -2.69. The molecule has 0 spiro atoms. The number of hydrogen-bond acceptors (Lipinski definition) is 0. The molecular formula is C31H30. The molecule has 5 atom stereocenters. The molecule has 5 unspecified atom stereocenters. The highest BCUT2D eigenvalue weighted by atomic mass is 14.8. The van der Waals surface area contributed by atoms with Crippen LogP contribution in [0.2, 0.25) is 0 Å². The predicted molar refractivity (Wildman–Crippen MR) is 125 cm³/mol. The zero-order chi connectivity index (χ0) is 20.6. The Morgan fingerprint density at radius 3 is 1.68 bits per heavy atom. The Morgan fingerprint density at radius 1 is 0.613 bits per heavy atom. The number of benzene rings is 2. The van der Waals surface area contributed by atoms with Crippen LogP contribution in [0.15, 0.2) is 60.7 Å². The smallest absolute Gasteiger partial charge is 0.0352 e. The summed E-state index contributed by atoms with van der Waals surface area (Å²) in [6.07, 6.45) is 6.78. The van der Waals surface area contributed by atoms with Crippen LogP contribution in [-0.4, -0.2) is 0 Å². The minimum absolute atomic E-state index is 0.270. The van der Waals surface area contributed by atoms with Crippen molar-refractivity contribution in [3.05, 3.63) is 71.8 Å². The first kappa shape index (κ1) is 18.2. The highest BCUT2D eigenvalue weighted by Gasteiger charge is 2.72. The summed E-state index contributed by atoms with van der Waals surface area (Å²) in [4.78, 5) is 0. The summed E-state index contributed by atoms with van der Waals surface area (Å²) in [5, 5.41) is 0. The molecular weight excluding hydrogens is 372 g/mol. The van der Waals surface area contributed by atoms with Crippen molar-refractivity contribution in [3.8, 4) is 23.7 Å². The summed E-state index contributed by atoms with van der Waals surface area (Å²) in [5.41, 5.74) is 2.94. The van der Waals surface area contributed by atoms with Crippen molar-refractivity contribution >= 4 is 0 Å². The highest BCUT2D eigenvalue weighted by molar-refractivity contribution is 5.40. The van der Waals surface area contributed by atoms with E-state index in [4.69, 9.17) is 0 Å². The van der Waals surface area contributed by atoms with Crippen LogP contribution in [0.4, 0.5) is 0 Å². The van der Waals surface area contributed by atoms with Gasteiger partial charge in [0.25, 0.3) is 0 Å². The van der Waals surface area contributed by atoms with Gasteiger partial charge < -0.3 is 0 Å². The molecule has 8 bridgehead atoms. The van der Waals surface area contributed by atoms with Gasteiger partial charge in [-0.1, -0.05) is 67.0 Å². The lowest BCUT2D eigenvalue weighted by molar-refractivity contribution is -0.257. The zero-order valence-electron chi connectivity index (χ0n) is 18.4. The van der Waals surface area contributed by atoms with Gasteiger partial charge in [-0.2, -0.15) is 0 Å². The minimum atomic E-state index is 0.270. The molecule has 2 aromatic carbocycles. The van der Waals surface area contributed by atoms with Crippen molar-refractivity contribution in [3.63, 3.8) is 0 Å². The van der Waals surface area contributed by atoms with Crippen LogP contribution in [0.1, 0.15) is 50.2 Å². The molecule has 9 rings (SSSR count). The van der Waals surface area contributed by atoms with Gasteiger partial charge in [-0.3, -0.25) is 0 Å². The molecule has 0 heteroatoms. The Hall–Kier alpha value is -2.44. The van der Waals surface area contributed by atoms with Crippen LogP contribution in [0.25, 0.3) is 0 Å². The Labute approximate surface area is 186 Å². The average molecular weight is 403 g/mol. The minimum Gasteiger partial charge on any atom is -0.0911 e. The Bertz CT molecular complexity index is 1110. The summed E-state index contributed by atoms with van der Waals surface area (Å²) in [7, 11) is 0. The lowest BCUT2D eigenvalue weighted by atomic mass is 9.28. The summed E-state index contributed by atoms with van der Waals surface area (Å²) in [5.74, 6) is 21.1. The van der Waals surface area contributed by atoms with E-state index in [1.165, 1.54) is 43.2 Å². The van der Waals surface area contributed by atoms with E-state index in [-0.39, 0.29) is 5.41 Å². The van der Waals surface area contributed by atoms with Gasteiger partial charge in [-0.05, 0) is 97.8 Å². The second kappa shape index (κ2) is 6.30. The monoisotopic (exact) mass is 402 g/mol. The molecule has 0 amide bonds. The average Bonchev–Trinajstić information content (AvgIpc) is 2.82. The molecule has 7 saturated carbocycles. The van der Waals surface area contributed by atoms with Crippen LogP contribution in [0, 0.1) is 75.9 Å². The van der Waals surface area contributed by atoms with E-state index in [0.717, 1.165) is 41.4 Å². The van der Waals surface area contributed by atoms with Crippen LogP contribution >= 0.6 is 0 Å². The highest BCUT2D eigenvalue weighted by Crippen LogP contribution is 2.77. The Morgan fingerprint density at radius 2 is 1.10 bits per heavy atom. The second-order valence-electron chi connectivity index (χ2n) is 11.4. The van der Waals surface area contributed by atoms with E-state index in [9.17, 15) is 0 Å². The molecule has 0 saturated heterocycles. The maximum atomic E-state index is 3.90. The SMILES string of the molecule is CC1C2C3CC4(C#Cc5ccccc5)CC5C3CC1(C#Cc1ccccc1)CC5C2C4. The van der Waals surface area contributed by atoms with E-state index in [0.29, 0.717) is 5.41 Å². The van der Waals surface area contributed by atoms with E-state index in [1.54, 1.807) is 0 Å². The van der Waals surface area contributed by atoms with Crippen molar-refractivity contribution in [2.45, 2.75) is 39.0 Å². The second-order valence-corrected chi connectivity index (χ2v) is 11.4. The largest absolute Gasteiger partial charge is 0.0911 e. The maximum Gasteiger partial charge on any atom is 0.0352 e. The number of hydrogen-bond donors (Lipinski definition) is 0. The summed E-state index contributed by atoms with van der Waals surface area (Å²) in [6, 6.07) is 21.3. The molecule has 0 N–H and O–H groups in total. The standard InChI is InChI=1S/C31H30/c1-21-29-27-17-30(14-12-22-8-4-2-5-9-22)16-24-25(27)19-31(21,20-26(24)28(29)18-30)15-13-23-10-6-3-7-11-23/h2-11,21,24-29H,16-20H2,1H3. The van der Waals surface area contributed by atoms with Gasteiger partial charge in [0.1, 0.15) is 0 Å². The van der Waals surface area contributed by atoms with E-state index in [2.05, 4.69) is 91.3 Å². The van der Waals surface area contributed by atoms with Crippen molar-refractivity contribution in [2.75, 3.05) is 0 Å². The predicted octanol–water partition coefficient (Wildman–Crippen LogP) is 6.41. The normalized spacial score (nSPS) is 45.0. The summed E-state index contributed by atoms with van der Waals surface area (Å²) >= 11 is 0. The topological polar surface area (TPSA) is 0 Å². The van der Waals surface area contributed by atoms with Crippen molar-refractivity contribution in [2.24, 2.45) is 52.3 Å². The van der Waals surface area contributed by atoms with Gasteiger partial charge in [0.2, 0.25) is 0 Å². The first-order valence-corrected chi connectivity index (χ1v) is 12.3. The van der Waals surface area contributed by atoms with Crippen LogP contribution in [-0.2, 0) is 0 Å². The lowest BCUT2D eigenvalue weighted by Gasteiger charge is -2.75. The van der Waals surface area contributed by atoms with Gasteiger partial charge in [0, 0.05) is 22.0 Å². The Kier molecular flexibility index (Phi) is 3.69. The molecule has 0 radical (unpaired) electrons. The maximum absolute atomic E-state index is 3.90. The van der Waals surface area contributed by atoms with Crippen molar-refractivity contribution < 1.29 is 0 Å². The molecule has 7 fully saturated rings. The van der Waals surface area contributed by atoms with Crippen LogP contribution in [0.3, 0.4) is 0 Å². The molecule has 7 aliphatic carbocycles. The fraction of sp³-hybridized carbons (Fsp3) is 0.484. The third-order valence-electron chi connectivity index (χ3n) is 10.2. The first-order valence-electron chi connectivity index (χ1n) is 12.3. The van der Waals surface area contributed by atoms with Gasteiger partial charge in [-0.25, -0.2) is 0 Å². The van der Waals surface area contributed by atoms with E-state index >= 15 is 0 Å². The molecule has 31 heavy (non-hydrogen) atoms. The Balaban J connectivity index is 1.22. The van der Waals surface area contributed by atoms with Gasteiger partial charge in [-0.15, -0.1) is 0 Å². The van der Waals surface area contributed by atoms with Gasteiger partial charge in [0.15, 0.2) is 0 Å². The van der Waals surface area contributed by atoms with Crippen molar-refractivity contribution in [1.82, 2.24) is 0 Å². The fourth-order valence-corrected chi connectivity index (χ4v) is 9.15.